The lowest BCUT2D eigenvalue weighted by molar-refractivity contribution is 0.0749. The molecular formula is C20H17N3O2S. The Morgan fingerprint density at radius 1 is 1.04 bits per heavy atom. The molecule has 130 valence electrons. The van der Waals surface area contributed by atoms with Crippen LogP contribution in [0.4, 0.5) is 0 Å². The van der Waals surface area contributed by atoms with Crippen molar-refractivity contribution in [1.82, 2.24) is 14.9 Å². The number of thioether (sulfide) groups is 1. The van der Waals surface area contributed by atoms with Crippen LogP contribution in [0.1, 0.15) is 27.3 Å². The smallest absolute Gasteiger partial charge is 0.263 e. The topological polar surface area (TPSA) is 66.1 Å². The molecule has 0 atom stereocenters. The van der Waals surface area contributed by atoms with Crippen LogP contribution in [0.15, 0.2) is 70.5 Å². The second-order valence-electron chi connectivity index (χ2n) is 6.10. The molecule has 0 spiro atoms. The predicted molar refractivity (Wildman–Crippen MR) is 101 cm³/mol. The molecule has 1 N–H and O–H groups in total. The SMILES string of the molecule is O=C(c1cnc(CSc2ccccc2)[nH]c1=O)N1Cc2ccccc2C1. The average Bonchev–Trinajstić information content (AvgIpc) is 3.11. The molecule has 2 aromatic carbocycles. The van der Waals surface area contributed by atoms with Gasteiger partial charge in [-0.05, 0) is 23.3 Å². The van der Waals surface area contributed by atoms with Gasteiger partial charge in [0.1, 0.15) is 11.4 Å². The van der Waals surface area contributed by atoms with E-state index in [2.05, 4.69) is 9.97 Å². The maximum absolute atomic E-state index is 12.7. The largest absolute Gasteiger partial charge is 0.330 e. The predicted octanol–water partition coefficient (Wildman–Crippen LogP) is 3.22. The molecule has 3 aromatic rings. The Hall–Kier alpha value is -2.86. The molecule has 0 saturated heterocycles. The lowest BCUT2D eigenvalue weighted by atomic mass is 10.1. The Morgan fingerprint density at radius 2 is 1.69 bits per heavy atom. The van der Waals surface area contributed by atoms with E-state index >= 15 is 0 Å². The van der Waals surface area contributed by atoms with Gasteiger partial charge in [0.25, 0.3) is 11.5 Å². The minimum absolute atomic E-state index is 0.0891. The zero-order valence-corrected chi connectivity index (χ0v) is 14.8. The van der Waals surface area contributed by atoms with Crippen LogP contribution in [0.3, 0.4) is 0 Å². The molecule has 1 aromatic heterocycles. The van der Waals surface area contributed by atoms with E-state index in [1.54, 1.807) is 16.7 Å². The Labute approximate surface area is 155 Å². The first-order chi connectivity index (χ1) is 12.7. The Morgan fingerprint density at radius 3 is 2.35 bits per heavy atom. The molecule has 4 rings (SSSR count). The van der Waals surface area contributed by atoms with Crippen molar-refractivity contribution >= 4 is 17.7 Å². The quantitative estimate of drug-likeness (QED) is 0.723. The second-order valence-corrected chi connectivity index (χ2v) is 7.15. The molecule has 1 aliphatic rings. The molecule has 5 nitrogen and oxygen atoms in total. The van der Waals surface area contributed by atoms with Crippen molar-refractivity contribution < 1.29 is 4.79 Å². The van der Waals surface area contributed by atoms with Gasteiger partial charge in [0, 0.05) is 24.2 Å². The number of aromatic amines is 1. The maximum atomic E-state index is 12.7. The van der Waals surface area contributed by atoms with Gasteiger partial charge >= 0.3 is 0 Å². The van der Waals surface area contributed by atoms with Crippen LogP contribution in [0.5, 0.6) is 0 Å². The number of amides is 1. The molecule has 0 radical (unpaired) electrons. The molecule has 1 amide bonds. The summed E-state index contributed by atoms with van der Waals surface area (Å²) in [6, 6.07) is 17.8. The van der Waals surface area contributed by atoms with Crippen molar-refractivity contribution in [3.8, 4) is 0 Å². The fraction of sp³-hybridized carbons (Fsp3) is 0.150. The number of benzene rings is 2. The third kappa shape index (κ3) is 3.41. The highest BCUT2D eigenvalue weighted by Crippen LogP contribution is 2.23. The Kier molecular flexibility index (Phi) is 4.58. The summed E-state index contributed by atoms with van der Waals surface area (Å²) >= 11 is 1.59. The van der Waals surface area contributed by atoms with E-state index in [1.807, 2.05) is 54.6 Å². The Bertz CT molecular complexity index is 976. The van der Waals surface area contributed by atoms with Gasteiger partial charge in [-0.3, -0.25) is 9.59 Å². The summed E-state index contributed by atoms with van der Waals surface area (Å²) in [5.74, 6) is 0.824. The zero-order chi connectivity index (χ0) is 17.9. The summed E-state index contributed by atoms with van der Waals surface area (Å²) in [6.07, 6.45) is 1.39. The van der Waals surface area contributed by atoms with Crippen molar-refractivity contribution in [2.75, 3.05) is 0 Å². The van der Waals surface area contributed by atoms with Crippen LogP contribution >= 0.6 is 11.8 Å². The van der Waals surface area contributed by atoms with E-state index in [0.29, 0.717) is 24.7 Å². The zero-order valence-electron chi connectivity index (χ0n) is 14.0. The fourth-order valence-electron chi connectivity index (χ4n) is 2.97. The van der Waals surface area contributed by atoms with Gasteiger partial charge in [-0.15, -0.1) is 11.8 Å². The molecule has 0 bridgehead atoms. The lowest BCUT2D eigenvalue weighted by Gasteiger charge is -2.14. The number of aromatic nitrogens is 2. The summed E-state index contributed by atoms with van der Waals surface area (Å²) in [4.78, 5) is 34.8. The number of nitrogens with one attached hydrogen (secondary N) is 1. The highest BCUT2D eigenvalue weighted by atomic mass is 32.2. The minimum atomic E-state index is -0.385. The van der Waals surface area contributed by atoms with E-state index in [-0.39, 0.29) is 17.0 Å². The van der Waals surface area contributed by atoms with E-state index in [1.165, 1.54) is 6.20 Å². The summed E-state index contributed by atoms with van der Waals surface area (Å²) < 4.78 is 0. The fourth-order valence-corrected chi connectivity index (χ4v) is 3.77. The van der Waals surface area contributed by atoms with Crippen molar-refractivity contribution in [3.05, 3.63) is 93.7 Å². The van der Waals surface area contributed by atoms with Crippen LogP contribution < -0.4 is 5.56 Å². The van der Waals surface area contributed by atoms with Crippen molar-refractivity contribution in [2.45, 2.75) is 23.7 Å². The van der Waals surface area contributed by atoms with Crippen molar-refractivity contribution in [2.24, 2.45) is 0 Å². The van der Waals surface area contributed by atoms with Crippen LogP contribution in [0.25, 0.3) is 0 Å². The van der Waals surface area contributed by atoms with Gasteiger partial charge in [0.2, 0.25) is 0 Å². The number of H-pyrrole nitrogens is 1. The van der Waals surface area contributed by atoms with E-state index in [4.69, 9.17) is 0 Å². The number of rotatable bonds is 4. The standard InChI is InChI=1S/C20H17N3O2S/c24-19-17(20(25)23-11-14-6-4-5-7-15(14)12-23)10-21-18(22-19)13-26-16-8-2-1-3-9-16/h1-10H,11-13H2,(H,21,22,24). The van der Waals surface area contributed by atoms with E-state index < -0.39 is 0 Å². The third-order valence-electron chi connectivity index (χ3n) is 4.33. The molecule has 2 heterocycles. The van der Waals surface area contributed by atoms with Crippen LogP contribution in [0, 0.1) is 0 Å². The monoisotopic (exact) mass is 363 g/mol. The van der Waals surface area contributed by atoms with Crippen molar-refractivity contribution in [3.63, 3.8) is 0 Å². The second kappa shape index (κ2) is 7.17. The molecule has 0 fully saturated rings. The molecular weight excluding hydrogens is 346 g/mol. The molecule has 0 aliphatic carbocycles. The van der Waals surface area contributed by atoms with E-state index in [9.17, 15) is 9.59 Å². The average molecular weight is 363 g/mol. The first-order valence-electron chi connectivity index (χ1n) is 8.33. The number of hydrogen-bond acceptors (Lipinski definition) is 4. The first-order valence-corrected chi connectivity index (χ1v) is 9.31. The summed E-state index contributed by atoms with van der Waals surface area (Å²) in [5.41, 5.74) is 1.96. The van der Waals surface area contributed by atoms with E-state index in [0.717, 1.165) is 16.0 Å². The molecule has 26 heavy (non-hydrogen) atoms. The highest BCUT2D eigenvalue weighted by molar-refractivity contribution is 7.98. The van der Waals surface area contributed by atoms with Crippen molar-refractivity contribution in [1.29, 1.82) is 0 Å². The van der Waals surface area contributed by atoms with Gasteiger partial charge in [0.15, 0.2) is 0 Å². The van der Waals surface area contributed by atoms with Gasteiger partial charge in [0.05, 0.1) is 5.75 Å². The number of carbonyl (C=O) groups excluding carboxylic acids is 1. The number of nitrogens with zero attached hydrogens (tertiary/aromatic N) is 2. The Balaban J connectivity index is 1.46. The maximum Gasteiger partial charge on any atom is 0.263 e. The normalized spacial score (nSPS) is 12.8. The summed E-state index contributed by atoms with van der Waals surface area (Å²) in [7, 11) is 0. The van der Waals surface area contributed by atoms with Crippen LogP contribution in [0.2, 0.25) is 0 Å². The number of carbonyl (C=O) groups is 1. The summed E-state index contributed by atoms with van der Waals surface area (Å²) in [5, 5.41) is 0. The molecule has 1 aliphatic heterocycles. The van der Waals surface area contributed by atoms with Gasteiger partial charge < -0.3 is 9.88 Å². The minimum Gasteiger partial charge on any atom is -0.330 e. The highest BCUT2D eigenvalue weighted by Gasteiger charge is 2.25. The van der Waals surface area contributed by atoms with Gasteiger partial charge in [-0.2, -0.15) is 0 Å². The summed E-state index contributed by atoms with van der Waals surface area (Å²) in [6.45, 7) is 1.06. The number of hydrogen-bond donors (Lipinski definition) is 1. The molecule has 0 saturated carbocycles. The third-order valence-corrected chi connectivity index (χ3v) is 5.35. The molecule has 0 unspecified atom stereocenters. The van der Waals surface area contributed by atoms with Gasteiger partial charge in [-0.1, -0.05) is 42.5 Å². The van der Waals surface area contributed by atoms with Crippen LogP contribution in [-0.2, 0) is 18.8 Å². The number of fused-ring (bicyclic) bond motifs is 1. The lowest BCUT2D eigenvalue weighted by Crippen LogP contribution is -2.31. The first kappa shape index (κ1) is 16.6. The van der Waals surface area contributed by atoms with Crippen LogP contribution in [-0.4, -0.2) is 20.8 Å². The van der Waals surface area contributed by atoms with Gasteiger partial charge in [-0.25, -0.2) is 4.98 Å². The molecule has 6 heteroatoms.